The molecule has 2 atom stereocenters. The average Bonchev–Trinajstić information content (AvgIpc) is 2.51. The lowest BCUT2D eigenvalue weighted by molar-refractivity contribution is -0.119. The van der Waals surface area contributed by atoms with Crippen molar-refractivity contribution in [1.29, 1.82) is 0 Å². The molecule has 0 fully saturated rings. The van der Waals surface area contributed by atoms with Crippen molar-refractivity contribution in [2.24, 2.45) is 11.7 Å². The van der Waals surface area contributed by atoms with E-state index in [4.69, 9.17) is 5.73 Å². The number of hydrogen-bond acceptors (Lipinski definition) is 4. The van der Waals surface area contributed by atoms with Crippen LogP contribution in [0.25, 0.3) is 0 Å². The number of sulfonamides is 1. The van der Waals surface area contributed by atoms with Crippen LogP contribution in [-0.2, 0) is 14.8 Å². The molecule has 0 aliphatic rings. The molecule has 0 heterocycles. The van der Waals surface area contributed by atoms with Crippen LogP contribution in [0.2, 0.25) is 0 Å². The average molecular weight is 356 g/mol. The van der Waals surface area contributed by atoms with Gasteiger partial charge >= 0.3 is 6.03 Å². The topological polar surface area (TPSA) is 122 Å². The highest BCUT2D eigenvalue weighted by Crippen LogP contribution is 2.19. The van der Waals surface area contributed by atoms with Gasteiger partial charge in [-0.2, -0.15) is 0 Å². The predicted molar refractivity (Wildman–Crippen MR) is 91.9 cm³/mol. The number of urea groups is 1. The maximum Gasteiger partial charge on any atom is 0.312 e. The molecule has 134 valence electrons. The summed E-state index contributed by atoms with van der Waals surface area (Å²) in [7, 11) is -0.749. The fourth-order valence-corrected chi connectivity index (χ4v) is 2.97. The van der Waals surface area contributed by atoms with Gasteiger partial charge in [-0.25, -0.2) is 17.5 Å². The van der Waals surface area contributed by atoms with Gasteiger partial charge in [0.05, 0.1) is 4.90 Å². The van der Waals surface area contributed by atoms with Gasteiger partial charge in [0.2, 0.25) is 15.9 Å². The maximum absolute atomic E-state index is 12.4. The summed E-state index contributed by atoms with van der Waals surface area (Å²) in [6.07, 6.45) is 0.660. The number of nitrogens with zero attached hydrogens (tertiary/aromatic N) is 1. The Kier molecular flexibility index (Phi) is 6.73. The molecule has 1 aromatic rings. The smallest absolute Gasteiger partial charge is 0.312 e. The Hall–Kier alpha value is -2.13. The summed E-state index contributed by atoms with van der Waals surface area (Å²) in [5, 5.41) is 5.04. The molecular weight excluding hydrogens is 332 g/mol. The standard InChI is InChI=1S/C15H24N4O4S/c1-5-10(2)13(18-15(16)21)14(20)17-11-7-6-8-12(9-11)24(22,23)19(3)4/h6-10,13H,5H2,1-4H3,(H,17,20)(H3,16,18,21). The van der Waals surface area contributed by atoms with Gasteiger partial charge in [-0.3, -0.25) is 4.79 Å². The summed E-state index contributed by atoms with van der Waals surface area (Å²) in [6.45, 7) is 3.70. The van der Waals surface area contributed by atoms with Gasteiger partial charge in [0.15, 0.2) is 0 Å². The van der Waals surface area contributed by atoms with Crippen LogP contribution >= 0.6 is 0 Å². The monoisotopic (exact) mass is 356 g/mol. The van der Waals surface area contributed by atoms with Crippen molar-refractivity contribution in [3.63, 3.8) is 0 Å². The highest BCUT2D eigenvalue weighted by atomic mass is 32.2. The zero-order valence-electron chi connectivity index (χ0n) is 14.2. The van der Waals surface area contributed by atoms with Crippen molar-refractivity contribution < 1.29 is 18.0 Å². The molecule has 1 rings (SSSR count). The molecule has 0 aromatic heterocycles. The minimum Gasteiger partial charge on any atom is -0.352 e. The molecule has 0 bridgehead atoms. The van der Waals surface area contributed by atoms with Gasteiger partial charge < -0.3 is 16.4 Å². The third-order valence-corrected chi connectivity index (χ3v) is 5.48. The molecule has 0 saturated carbocycles. The molecule has 2 unspecified atom stereocenters. The molecule has 3 amide bonds. The van der Waals surface area contributed by atoms with Gasteiger partial charge in [-0.05, 0) is 24.1 Å². The van der Waals surface area contributed by atoms with E-state index in [9.17, 15) is 18.0 Å². The first-order valence-electron chi connectivity index (χ1n) is 7.49. The Morgan fingerprint density at radius 1 is 1.29 bits per heavy atom. The molecule has 24 heavy (non-hydrogen) atoms. The van der Waals surface area contributed by atoms with Gasteiger partial charge in [0.1, 0.15) is 6.04 Å². The van der Waals surface area contributed by atoms with Crippen LogP contribution in [0.4, 0.5) is 10.5 Å². The molecular formula is C15H24N4O4S. The number of rotatable bonds is 7. The van der Waals surface area contributed by atoms with E-state index >= 15 is 0 Å². The number of nitrogens with one attached hydrogen (secondary N) is 2. The zero-order chi connectivity index (χ0) is 18.5. The summed E-state index contributed by atoms with van der Waals surface area (Å²) in [4.78, 5) is 23.6. The van der Waals surface area contributed by atoms with E-state index in [0.717, 1.165) is 4.31 Å². The summed E-state index contributed by atoms with van der Waals surface area (Å²) in [6, 6.07) is 4.32. The molecule has 9 heteroatoms. The second-order valence-electron chi connectivity index (χ2n) is 5.68. The lowest BCUT2D eigenvalue weighted by Crippen LogP contribution is -2.49. The van der Waals surface area contributed by atoms with Crippen molar-refractivity contribution in [2.45, 2.75) is 31.2 Å². The number of anilines is 1. The largest absolute Gasteiger partial charge is 0.352 e. The second kappa shape index (κ2) is 8.11. The van der Waals surface area contributed by atoms with Crippen LogP contribution in [0, 0.1) is 5.92 Å². The van der Waals surface area contributed by atoms with Gasteiger partial charge in [-0.1, -0.05) is 26.3 Å². The first kappa shape index (κ1) is 19.9. The first-order chi connectivity index (χ1) is 11.1. The Morgan fingerprint density at radius 3 is 2.42 bits per heavy atom. The fraction of sp³-hybridized carbons (Fsp3) is 0.467. The molecule has 4 N–H and O–H groups in total. The Bertz CT molecular complexity index is 703. The number of carbonyl (C=O) groups is 2. The number of carbonyl (C=O) groups excluding carboxylic acids is 2. The minimum atomic E-state index is -3.60. The number of nitrogens with two attached hydrogens (primary N) is 1. The molecule has 8 nitrogen and oxygen atoms in total. The van der Waals surface area contributed by atoms with Gasteiger partial charge in [0.25, 0.3) is 0 Å². The third-order valence-electron chi connectivity index (χ3n) is 3.67. The van der Waals surface area contributed by atoms with Crippen molar-refractivity contribution in [1.82, 2.24) is 9.62 Å². The summed E-state index contributed by atoms with van der Waals surface area (Å²) in [5.41, 5.74) is 5.44. The van der Waals surface area contributed by atoms with Gasteiger partial charge in [-0.15, -0.1) is 0 Å². The lowest BCUT2D eigenvalue weighted by Gasteiger charge is -2.22. The Labute approximate surface area is 142 Å². The summed E-state index contributed by atoms with van der Waals surface area (Å²) in [5.74, 6) is -0.589. The molecule has 0 aliphatic heterocycles. The van der Waals surface area contributed by atoms with E-state index in [1.54, 1.807) is 6.07 Å². The minimum absolute atomic E-state index is 0.0632. The normalized spacial score (nSPS) is 14.0. The molecule has 1 aromatic carbocycles. The Balaban J connectivity index is 3.03. The first-order valence-corrected chi connectivity index (χ1v) is 8.93. The van der Waals surface area contributed by atoms with Crippen LogP contribution in [0.3, 0.4) is 0 Å². The molecule has 0 radical (unpaired) electrons. The quantitative estimate of drug-likeness (QED) is 0.673. The zero-order valence-corrected chi connectivity index (χ0v) is 15.1. The van der Waals surface area contributed by atoms with Crippen LogP contribution in [0.1, 0.15) is 20.3 Å². The van der Waals surface area contributed by atoms with E-state index < -0.39 is 28.0 Å². The number of benzene rings is 1. The summed E-state index contributed by atoms with van der Waals surface area (Å²) >= 11 is 0. The Morgan fingerprint density at radius 2 is 1.92 bits per heavy atom. The van der Waals surface area contributed by atoms with E-state index in [1.165, 1.54) is 32.3 Å². The molecule has 0 saturated heterocycles. The van der Waals surface area contributed by atoms with E-state index in [1.807, 2.05) is 13.8 Å². The highest BCUT2D eigenvalue weighted by Gasteiger charge is 2.25. The SMILES string of the molecule is CCC(C)C(NC(N)=O)C(=O)Nc1cccc(S(=O)(=O)N(C)C)c1. The summed E-state index contributed by atoms with van der Waals surface area (Å²) < 4.78 is 25.4. The van der Waals surface area contributed by atoms with Crippen molar-refractivity contribution in [3.05, 3.63) is 24.3 Å². The lowest BCUT2D eigenvalue weighted by atomic mass is 9.98. The van der Waals surface area contributed by atoms with Crippen molar-refractivity contribution in [3.8, 4) is 0 Å². The highest BCUT2D eigenvalue weighted by molar-refractivity contribution is 7.89. The fourth-order valence-electron chi connectivity index (χ4n) is 2.02. The van der Waals surface area contributed by atoms with Crippen LogP contribution in [0.15, 0.2) is 29.2 Å². The number of amides is 3. The molecule has 0 spiro atoms. The van der Waals surface area contributed by atoms with E-state index in [2.05, 4.69) is 10.6 Å². The number of primary amides is 1. The molecule has 0 aliphatic carbocycles. The van der Waals surface area contributed by atoms with E-state index in [-0.39, 0.29) is 10.8 Å². The van der Waals surface area contributed by atoms with Crippen LogP contribution < -0.4 is 16.4 Å². The van der Waals surface area contributed by atoms with Crippen LogP contribution in [-0.4, -0.2) is 44.8 Å². The van der Waals surface area contributed by atoms with Crippen molar-refractivity contribution >= 4 is 27.6 Å². The predicted octanol–water partition coefficient (Wildman–Crippen LogP) is 0.958. The second-order valence-corrected chi connectivity index (χ2v) is 7.83. The third kappa shape index (κ3) is 4.93. The van der Waals surface area contributed by atoms with Crippen molar-refractivity contribution in [2.75, 3.05) is 19.4 Å². The number of hydrogen-bond donors (Lipinski definition) is 3. The van der Waals surface area contributed by atoms with Crippen LogP contribution in [0.5, 0.6) is 0 Å². The van der Waals surface area contributed by atoms with E-state index in [0.29, 0.717) is 12.1 Å². The van der Waals surface area contributed by atoms with Gasteiger partial charge in [0, 0.05) is 19.8 Å². The maximum atomic E-state index is 12.4.